The Balaban J connectivity index is 2.73. The van der Waals surface area contributed by atoms with Crippen molar-refractivity contribution in [3.05, 3.63) is 29.8 Å². The van der Waals surface area contributed by atoms with E-state index in [0.29, 0.717) is 6.42 Å². The number of rotatable bonds is 7. The van der Waals surface area contributed by atoms with Crippen molar-refractivity contribution in [3.8, 4) is 5.75 Å². The van der Waals surface area contributed by atoms with Crippen LogP contribution in [-0.4, -0.2) is 18.2 Å². The summed E-state index contributed by atoms with van der Waals surface area (Å²) in [5.74, 6) is -0.00746. The number of benzene rings is 1. The average Bonchev–Trinajstić information content (AvgIpc) is 2.36. The van der Waals surface area contributed by atoms with Crippen LogP contribution < -0.4 is 4.74 Å². The molecule has 100 valence electrons. The fraction of sp³-hybridized carbons (Fsp3) is 0.533. The lowest BCUT2D eigenvalue weighted by molar-refractivity contribution is -0.143. The topological polar surface area (TPSA) is 46.5 Å². The van der Waals surface area contributed by atoms with Crippen molar-refractivity contribution in [2.45, 2.75) is 33.1 Å². The van der Waals surface area contributed by atoms with Gasteiger partial charge in [0.05, 0.1) is 13.0 Å². The molecule has 0 saturated carbocycles. The van der Waals surface area contributed by atoms with Crippen molar-refractivity contribution in [1.82, 2.24) is 0 Å². The SMILES string of the molecule is CCCC(C)C(Cc1ccc(OC)cc1)C(=O)O. The molecule has 0 amide bonds. The molecule has 0 bridgehead atoms. The van der Waals surface area contributed by atoms with Crippen LogP contribution in [0.4, 0.5) is 0 Å². The molecule has 3 nitrogen and oxygen atoms in total. The minimum atomic E-state index is -0.702. The molecule has 2 unspecified atom stereocenters. The summed E-state index contributed by atoms with van der Waals surface area (Å²) in [6, 6.07) is 7.62. The van der Waals surface area contributed by atoms with Gasteiger partial charge in [0.2, 0.25) is 0 Å². The van der Waals surface area contributed by atoms with Crippen LogP contribution in [0.25, 0.3) is 0 Å². The molecule has 0 saturated heterocycles. The normalized spacial score (nSPS) is 13.9. The van der Waals surface area contributed by atoms with Gasteiger partial charge in [-0.15, -0.1) is 0 Å². The Hall–Kier alpha value is -1.51. The number of carboxylic acid groups (broad SMARTS) is 1. The largest absolute Gasteiger partial charge is 0.497 e. The molecule has 0 aliphatic rings. The van der Waals surface area contributed by atoms with E-state index >= 15 is 0 Å². The van der Waals surface area contributed by atoms with Gasteiger partial charge in [-0.3, -0.25) is 4.79 Å². The van der Waals surface area contributed by atoms with Gasteiger partial charge in [0.25, 0.3) is 0 Å². The highest BCUT2D eigenvalue weighted by atomic mass is 16.5. The van der Waals surface area contributed by atoms with Crippen LogP contribution >= 0.6 is 0 Å². The zero-order valence-corrected chi connectivity index (χ0v) is 11.3. The van der Waals surface area contributed by atoms with Crippen molar-refractivity contribution in [3.63, 3.8) is 0 Å². The fourth-order valence-electron chi connectivity index (χ4n) is 2.20. The first-order chi connectivity index (χ1) is 8.58. The number of hydrogen-bond acceptors (Lipinski definition) is 2. The maximum absolute atomic E-state index is 11.3. The van der Waals surface area contributed by atoms with Crippen LogP contribution in [0.3, 0.4) is 0 Å². The van der Waals surface area contributed by atoms with Gasteiger partial charge in [-0.05, 0) is 30.0 Å². The predicted octanol–water partition coefficient (Wildman–Crippen LogP) is 3.37. The number of carbonyl (C=O) groups is 1. The standard InChI is InChI=1S/C15H22O3/c1-4-5-11(2)14(15(16)17)10-12-6-8-13(18-3)9-7-12/h6-9,11,14H,4-5,10H2,1-3H3,(H,16,17). The summed E-state index contributed by atoms with van der Waals surface area (Å²) >= 11 is 0. The van der Waals surface area contributed by atoms with Crippen molar-refractivity contribution in [2.24, 2.45) is 11.8 Å². The lowest BCUT2D eigenvalue weighted by Crippen LogP contribution is -2.23. The molecule has 1 rings (SSSR count). The van der Waals surface area contributed by atoms with E-state index in [1.165, 1.54) is 0 Å². The lowest BCUT2D eigenvalue weighted by atomic mass is 9.85. The van der Waals surface area contributed by atoms with Gasteiger partial charge in [0.15, 0.2) is 0 Å². The first kappa shape index (κ1) is 14.6. The van der Waals surface area contributed by atoms with Crippen molar-refractivity contribution >= 4 is 5.97 Å². The van der Waals surface area contributed by atoms with E-state index in [0.717, 1.165) is 24.2 Å². The van der Waals surface area contributed by atoms with Crippen LogP contribution in [0.1, 0.15) is 32.3 Å². The molecule has 1 aromatic carbocycles. The Bertz CT molecular complexity index is 370. The third-order valence-corrected chi connectivity index (χ3v) is 3.36. The van der Waals surface area contributed by atoms with E-state index in [-0.39, 0.29) is 11.8 Å². The van der Waals surface area contributed by atoms with Gasteiger partial charge in [0.1, 0.15) is 5.75 Å². The van der Waals surface area contributed by atoms with Crippen molar-refractivity contribution in [2.75, 3.05) is 7.11 Å². The highest BCUT2D eigenvalue weighted by molar-refractivity contribution is 5.70. The monoisotopic (exact) mass is 250 g/mol. The van der Waals surface area contributed by atoms with Crippen LogP contribution in [0.15, 0.2) is 24.3 Å². The quantitative estimate of drug-likeness (QED) is 0.807. The minimum absolute atomic E-state index is 0.203. The Morgan fingerprint density at radius 1 is 1.33 bits per heavy atom. The molecular weight excluding hydrogens is 228 g/mol. The minimum Gasteiger partial charge on any atom is -0.497 e. The maximum atomic E-state index is 11.3. The van der Waals surface area contributed by atoms with Gasteiger partial charge in [-0.1, -0.05) is 38.8 Å². The fourth-order valence-corrected chi connectivity index (χ4v) is 2.20. The first-order valence-electron chi connectivity index (χ1n) is 6.44. The summed E-state index contributed by atoms with van der Waals surface area (Å²) in [5, 5.41) is 9.31. The lowest BCUT2D eigenvalue weighted by Gasteiger charge is -2.19. The van der Waals surface area contributed by atoms with Gasteiger partial charge >= 0.3 is 5.97 Å². The Labute approximate surface area is 109 Å². The van der Waals surface area contributed by atoms with Crippen molar-refractivity contribution in [1.29, 1.82) is 0 Å². The van der Waals surface area contributed by atoms with Gasteiger partial charge in [-0.25, -0.2) is 0 Å². The van der Waals surface area contributed by atoms with Crippen LogP contribution in [0, 0.1) is 11.8 Å². The van der Waals surface area contributed by atoms with Gasteiger partial charge in [0, 0.05) is 0 Å². The molecule has 0 radical (unpaired) electrons. The molecular formula is C15H22O3. The summed E-state index contributed by atoms with van der Waals surface area (Å²) in [5.41, 5.74) is 1.05. The predicted molar refractivity (Wildman–Crippen MR) is 71.9 cm³/mol. The summed E-state index contributed by atoms with van der Waals surface area (Å²) in [4.78, 5) is 11.3. The smallest absolute Gasteiger partial charge is 0.307 e. The van der Waals surface area contributed by atoms with E-state index < -0.39 is 5.97 Å². The molecule has 1 N–H and O–H groups in total. The highest BCUT2D eigenvalue weighted by Gasteiger charge is 2.24. The molecule has 0 heterocycles. The van der Waals surface area contributed by atoms with Crippen LogP contribution in [-0.2, 0) is 11.2 Å². The summed E-state index contributed by atoms with van der Waals surface area (Å²) < 4.78 is 5.09. The Kier molecular flexibility index (Phi) is 5.69. The number of carboxylic acids is 1. The molecule has 0 aromatic heterocycles. The van der Waals surface area contributed by atoms with Gasteiger partial charge < -0.3 is 9.84 Å². The van der Waals surface area contributed by atoms with Crippen LogP contribution in [0.2, 0.25) is 0 Å². The van der Waals surface area contributed by atoms with E-state index in [1.807, 2.05) is 31.2 Å². The Morgan fingerprint density at radius 2 is 1.94 bits per heavy atom. The third-order valence-electron chi connectivity index (χ3n) is 3.36. The number of ether oxygens (including phenoxy) is 1. The van der Waals surface area contributed by atoms with E-state index in [4.69, 9.17) is 4.74 Å². The molecule has 0 spiro atoms. The van der Waals surface area contributed by atoms with E-state index in [9.17, 15) is 9.90 Å². The summed E-state index contributed by atoms with van der Waals surface area (Å²) in [6.07, 6.45) is 2.56. The number of aliphatic carboxylic acids is 1. The highest BCUT2D eigenvalue weighted by Crippen LogP contribution is 2.23. The maximum Gasteiger partial charge on any atom is 0.307 e. The second-order valence-electron chi connectivity index (χ2n) is 4.76. The average molecular weight is 250 g/mol. The van der Waals surface area contributed by atoms with Crippen LogP contribution in [0.5, 0.6) is 5.75 Å². The molecule has 0 aliphatic heterocycles. The zero-order valence-electron chi connectivity index (χ0n) is 11.3. The number of methoxy groups -OCH3 is 1. The summed E-state index contributed by atoms with van der Waals surface area (Å²) in [6.45, 7) is 4.11. The zero-order chi connectivity index (χ0) is 13.5. The Morgan fingerprint density at radius 3 is 2.39 bits per heavy atom. The molecule has 0 fully saturated rings. The first-order valence-corrected chi connectivity index (χ1v) is 6.44. The number of hydrogen-bond donors (Lipinski definition) is 1. The van der Waals surface area contributed by atoms with Gasteiger partial charge in [-0.2, -0.15) is 0 Å². The summed E-state index contributed by atoms with van der Waals surface area (Å²) in [7, 11) is 1.62. The van der Waals surface area contributed by atoms with E-state index in [2.05, 4.69) is 6.92 Å². The van der Waals surface area contributed by atoms with Crippen molar-refractivity contribution < 1.29 is 14.6 Å². The molecule has 1 aromatic rings. The van der Waals surface area contributed by atoms with E-state index in [1.54, 1.807) is 7.11 Å². The molecule has 18 heavy (non-hydrogen) atoms. The second-order valence-corrected chi connectivity index (χ2v) is 4.76. The second kappa shape index (κ2) is 7.04. The molecule has 2 atom stereocenters. The molecule has 0 aliphatic carbocycles. The third kappa shape index (κ3) is 4.06. The molecule has 3 heteroatoms.